The van der Waals surface area contributed by atoms with Crippen molar-refractivity contribution in [3.63, 3.8) is 0 Å². The van der Waals surface area contributed by atoms with Crippen LogP contribution >= 0.6 is 23.2 Å². The Labute approximate surface area is 142 Å². The molecule has 0 bridgehead atoms. The molecule has 1 atom stereocenters. The number of halogens is 2. The van der Waals surface area contributed by atoms with Gasteiger partial charge in [0, 0.05) is 6.26 Å². The summed E-state index contributed by atoms with van der Waals surface area (Å²) in [7, 11) is -3.65. The maximum absolute atomic E-state index is 11.9. The van der Waals surface area contributed by atoms with Crippen molar-refractivity contribution < 1.29 is 17.9 Å². The van der Waals surface area contributed by atoms with Crippen molar-refractivity contribution in [1.29, 1.82) is 0 Å². The third-order valence-corrected chi connectivity index (χ3v) is 4.66. The minimum Gasteiger partial charge on any atom is -0.466 e. The van der Waals surface area contributed by atoms with Crippen LogP contribution in [0.3, 0.4) is 0 Å². The van der Waals surface area contributed by atoms with Gasteiger partial charge in [-0.1, -0.05) is 11.6 Å². The minimum absolute atomic E-state index is 0.0589. The fourth-order valence-corrected chi connectivity index (χ4v) is 3.25. The number of sulfone groups is 1. The van der Waals surface area contributed by atoms with Crippen LogP contribution in [0.15, 0.2) is 17.0 Å². The van der Waals surface area contributed by atoms with E-state index >= 15 is 0 Å². The number of nitrogens with zero attached hydrogens (tertiary/aromatic N) is 4. The molecule has 0 saturated heterocycles. The monoisotopic (exact) mass is 378 g/mol. The average molecular weight is 379 g/mol. The second-order valence-corrected chi connectivity index (χ2v) is 7.39. The Morgan fingerprint density at radius 2 is 2.04 bits per heavy atom. The first-order chi connectivity index (χ1) is 10.6. The maximum Gasteiger partial charge on any atom is 0.254 e. The molecule has 1 aromatic carbocycles. The lowest BCUT2D eigenvalue weighted by Crippen LogP contribution is -2.17. The van der Waals surface area contributed by atoms with Crippen molar-refractivity contribution in [3.8, 4) is 5.75 Å². The largest absolute Gasteiger partial charge is 0.466 e. The number of hydrogen-bond acceptors (Lipinski definition) is 7. The molecular formula is C12H12Cl2N4O4S. The molecule has 0 aliphatic heterocycles. The molecule has 0 spiro atoms. The van der Waals surface area contributed by atoms with E-state index in [-0.39, 0.29) is 21.2 Å². The quantitative estimate of drug-likeness (QED) is 0.732. The molecular weight excluding hydrogens is 367 g/mol. The zero-order chi connectivity index (χ0) is 17.4. The summed E-state index contributed by atoms with van der Waals surface area (Å²) in [5, 5.41) is 9.91. The molecule has 0 saturated carbocycles. The Hall–Kier alpha value is -1.71. The van der Waals surface area contributed by atoms with Crippen LogP contribution in [0.25, 0.3) is 0 Å². The van der Waals surface area contributed by atoms with Crippen LogP contribution in [-0.2, 0) is 9.84 Å². The van der Waals surface area contributed by atoms with Gasteiger partial charge in [0.15, 0.2) is 27.6 Å². The van der Waals surface area contributed by atoms with Crippen molar-refractivity contribution in [3.05, 3.63) is 28.5 Å². The predicted molar refractivity (Wildman–Crippen MR) is 82.6 cm³/mol. The smallest absolute Gasteiger partial charge is 0.254 e. The summed E-state index contributed by atoms with van der Waals surface area (Å²) in [6.45, 7) is 3.25. The number of aromatic nitrogens is 4. The average Bonchev–Trinajstić information content (AvgIpc) is 2.85. The van der Waals surface area contributed by atoms with Gasteiger partial charge in [-0.3, -0.25) is 4.79 Å². The van der Waals surface area contributed by atoms with Gasteiger partial charge in [0.2, 0.25) is 0 Å². The van der Waals surface area contributed by atoms with Gasteiger partial charge in [-0.2, -0.15) is 4.68 Å². The highest BCUT2D eigenvalue weighted by atomic mass is 35.5. The zero-order valence-electron chi connectivity index (χ0n) is 12.3. The van der Waals surface area contributed by atoms with Crippen molar-refractivity contribution >= 4 is 38.3 Å². The normalized spacial score (nSPS) is 12.9. The second kappa shape index (κ2) is 6.42. The number of ether oxygens (including phenoxy) is 1. The molecule has 1 aromatic heterocycles. The fourth-order valence-electron chi connectivity index (χ4n) is 1.89. The first kappa shape index (κ1) is 17.6. The van der Waals surface area contributed by atoms with Crippen molar-refractivity contribution in [2.45, 2.75) is 25.0 Å². The number of tetrazole rings is 1. The fraction of sp³-hybridized carbons (Fsp3) is 0.333. The number of carbonyl (C=O) groups is 1. The van der Waals surface area contributed by atoms with Crippen molar-refractivity contribution in [2.24, 2.45) is 0 Å². The lowest BCUT2D eigenvalue weighted by Gasteiger charge is -2.19. The first-order valence-electron chi connectivity index (χ1n) is 6.26. The molecule has 11 heteroatoms. The number of carbonyl (C=O) groups excluding carboxylic acids is 1. The highest BCUT2D eigenvalue weighted by molar-refractivity contribution is 7.90. The van der Waals surface area contributed by atoms with Crippen molar-refractivity contribution in [1.82, 2.24) is 20.2 Å². The molecule has 0 aliphatic rings. The topological polar surface area (TPSA) is 104 Å². The van der Waals surface area contributed by atoms with Crippen LogP contribution in [0.2, 0.25) is 5.02 Å². The molecule has 2 rings (SSSR count). The summed E-state index contributed by atoms with van der Waals surface area (Å²) >= 11 is 11.5. The van der Waals surface area contributed by atoms with Crippen LogP contribution in [-0.4, -0.2) is 40.1 Å². The van der Waals surface area contributed by atoms with Crippen LogP contribution < -0.4 is 4.74 Å². The van der Waals surface area contributed by atoms with E-state index in [1.54, 1.807) is 13.8 Å². The summed E-state index contributed by atoms with van der Waals surface area (Å²) in [5.74, 6) is 0.280. The molecule has 1 heterocycles. The van der Waals surface area contributed by atoms with Crippen molar-refractivity contribution in [2.75, 3.05) is 6.26 Å². The molecule has 0 N–H and O–H groups in total. The Morgan fingerprint density at radius 1 is 1.39 bits per heavy atom. The van der Waals surface area contributed by atoms with E-state index in [4.69, 9.17) is 27.9 Å². The Morgan fingerprint density at radius 3 is 2.52 bits per heavy atom. The number of aryl methyl sites for hydroxylation is 1. The molecule has 0 radical (unpaired) electrons. The number of hydrogen-bond donors (Lipinski definition) is 0. The van der Waals surface area contributed by atoms with E-state index in [1.807, 2.05) is 0 Å². The van der Waals surface area contributed by atoms with Crippen LogP contribution in [0.5, 0.6) is 5.75 Å². The van der Waals surface area contributed by atoms with Gasteiger partial charge in [0.25, 0.3) is 5.24 Å². The molecule has 0 aliphatic carbocycles. The molecule has 0 amide bonds. The summed E-state index contributed by atoms with van der Waals surface area (Å²) in [6.07, 6.45) is 0.240. The first-order valence-corrected chi connectivity index (χ1v) is 8.91. The number of rotatable bonds is 5. The second-order valence-electron chi connectivity index (χ2n) is 4.69. The van der Waals surface area contributed by atoms with Gasteiger partial charge in [-0.15, -0.1) is 5.10 Å². The molecule has 2 aromatic rings. The van der Waals surface area contributed by atoms with Gasteiger partial charge in [0.1, 0.15) is 4.90 Å². The van der Waals surface area contributed by atoms with Gasteiger partial charge in [0.05, 0.1) is 10.6 Å². The summed E-state index contributed by atoms with van der Waals surface area (Å²) < 4.78 is 30.8. The summed E-state index contributed by atoms with van der Waals surface area (Å²) in [5.41, 5.74) is -0.0589. The Balaban J connectivity index is 2.57. The van der Waals surface area contributed by atoms with Gasteiger partial charge >= 0.3 is 0 Å². The summed E-state index contributed by atoms with van der Waals surface area (Å²) in [4.78, 5) is 11.2. The maximum atomic E-state index is 11.9. The zero-order valence-corrected chi connectivity index (χ0v) is 14.6. The highest BCUT2D eigenvalue weighted by Crippen LogP contribution is 2.37. The van der Waals surface area contributed by atoms with Crippen LogP contribution in [0.1, 0.15) is 29.3 Å². The van der Waals surface area contributed by atoms with Gasteiger partial charge < -0.3 is 4.74 Å². The van der Waals surface area contributed by atoms with Crippen LogP contribution in [0.4, 0.5) is 0 Å². The SMILES string of the molecule is Cc1nnnn1C(C)Oc1c(S(C)(=O)=O)ccc(C(=O)Cl)c1Cl. The van der Waals surface area contributed by atoms with Gasteiger partial charge in [-0.05, 0) is 48.0 Å². The predicted octanol–water partition coefficient (Wildman–Crippen LogP) is 2.01. The van der Waals surface area contributed by atoms with E-state index in [0.717, 1.165) is 6.26 Å². The lowest BCUT2D eigenvalue weighted by molar-refractivity contribution is 0.107. The lowest BCUT2D eigenvalue weighted by atomic mass is 10.2. The van der Waals surface area contributed by atoms with E-state index < -0.39 is 21.3 Å². The van der Waals surface area contributed by atoms with Gasteiger partial charge in [-0.25, -0.2) is 8.42 Å². The Bertz CT molecular complexity index is 866. The number of benzene rings is 1. The summed E-state index contributed by atoms with van der Waals surface area (Å²) in [6, 6.07) is 2.44. The molecule has 124 valence electrons. The standard InChI is InChI=1S/C12H12Cl2N4O4S/c1-6-15-16-17-18(6)7(2)22-11-9(23(3,20)21)5-4-8(10(11)13)12(14)19/h4-5,7H,1-3H3. The van der Waals surface area contributed by atoms with E-state index in [1.165, 1.54) is 16.8 Å². The van der Waals surface area contributed by atoms with E-state index in [0.29, 0.717) is 5.82 Å². The van der Waals surface area contributed by atoms with E-state index in [2.05, 4.69) is 15.5 Å². The van der Waals surface area contributed by atoms with Crippen LogP contribution in [0, 0.1) is 6.92 Å². The molecule has 0 fully saturated rings. The third kappa shape index (κ3) is 3.62. The van der Waals surface area contributed by atoms with E-state index in [9.17, 15) is 13.2 Å². The molecule has 1 unspecified atom stereocenters. The molecule has 8 nitrogen and oxygen atoms in total. The third-order valence-electron chi connectivity index (χ3n) is 2.96. The molecule has 23 heavy (non-hydrogen) atoms. The minimum atomic E-state index is -3.65. The Kier molecular flexibility index (Phi) is 4.92. The highest BCUT2D eigenvalue weighted by Gasteiger charge is 2.25.